The van der Waals surface area contributed by atoms with Gasteiger partial charge in [-0.1, -0.05) is 42.5 Å². The van der Waals surface area contributed by atoms with Gasteiger partial charge in [0.2, 0.25) is 5.82 Å². The van der Waals surface area contributed by atoms with Crippen LogP contribution in [0.2, 0.25) is 0 Å². The van der Waals surface area contributed by atoms with E-state index >= 15 is 0 Å². The Hall–Kier alpha value is -3.02. The SMILES string of the molecule is Nc1nc(-c2cccc3ccccc23)ncc1[N+](=O)[O-]. The molecule has 0 saturated heterocycles. The standard InChI is InChI=1S/C14H10N4O2/c15-13-12(18(19)20)8-16-14(17-13)11-7-3-5-9-4-1-2-6-10(9)11/h1-8H,(H2,15,16,17). The molecule has 2 aromatic carbocycles. The highest BCUT2D eigenvalue weighted by Crippen LogP contribution is 2.28. The highest BCUT2D eigenvalue weighted by atomic mass is 16.6. The van der Waals surface area contributed by atoms with Crippen LogP contribution < -0.4 is 5.73 Å². The Labute approximate surface area is 114 Å². The summed E-state index contributed by atoms with van der Waals surface area (Å²) in [5.41, 5.74) is 6.12. The molecule has 0 saturated carbocycles. The summed E-state index contributed by atoms with van der Waals surface area (Å²) >= 11 is 0. The maximum absolute atomic E-state index is 10.7. The summed E-state index contributed by atoms with van der Waals surface area (Å²) in [4.78, 5) is 18.2. The van der Waals surface area contributed by atoms with Gasteiger partial charge in [-0.25, -0.2) is 9.97 Å². The van der Waals surface area contributed by atoms with Gasteiger partial charge in [-0.3, -0.25) is 10.1 Å². The van der Waals surface area contributed by atoms with Crippen LogP contribution in [-0.4, -0.2) is 14.9 Å². The lowest BCUT2D eigenvalue weighted by Gasteiger charge is -2.05. The van der Waals surface area contributed by atoms with Crippen molar-refractivity contribution in [1.82, 2.24) is 9.97 Å². The lowest BCUT2D eigenvalue weighted by atomic mass is 10.0. The number of nitrogens with zero attached hydrogens (tertiary/aromatic N) is 3. The summed E-state index contributed by atoms with van der Waals surface area (Å²) in [7, 11) is 0. The molecular formula is C14H10N4O2. The number of fused-ring (bicyclic) bond motifs is 1. The highest BCUT2D eigenvalue weighted by molar-refractivity contribution is 5.95. The molecule has 6 nitrogen and oxygen atoms in total. The van der Waals surface area contributed by atoms with Crippen LogP contribution in [0.4, 0.5) is 11.5 Å². The van der Waals surface area contributed by atoms with Gasteiger partial charge in [0.25, 0.3) is 0 Å². The maximum atomic E-state index is 10.7. The number of hydrogen-bond acceptors (Lipinski definition) is 5. The monoisotopic (exact) mass is 266 g/mol. The number of nitrogen functional groups attached to an aromatic ring is 1. The number of anilines is 1. The van der Waals surface area contributed by atoms with Crippen molar-refractivity contribution in [2.24, 2.45) is 0 Å². The first-order valence-electron chi connectivity index (χ1n) is 5.92. The molecule has 1 heterocycles. The largest absolute Gasteiger partial charge is 0.378 e. The zero-order chi connectivity index (χ0) is 14.1. The van der Waals surface area contributed by atoms with Crippen LogP contribution in [0.3, 0.4) is 0 Å². The van der Waals surface area contributed by atoms with Crippen LogP contribution in [0.15, 0.2) is 48.7 Å². The van der Waals surface area contributed by atoms with Crippen molar-refractivity contribution in [3.63, 3.8) is 0 Å². The second-order valence-electron chi connectivity index (χ2n) is 4.25. The molecule has 0 radical (unpaired) electrons. The molecule has 0 fully saturated rings. The first-order valence-corrected chi connectivity index (χ1v) is 5.92. The highest BCUT2D eigenvalue weighted by Gasteiger charge is 2.15. The molecule has 0 aliphatic rings. The summed E-state index contributed by atoms with van der Waals surface area (Å²) < 4.78 is 0. The second-order valence-corrected chi connectivity index (χ2v) is 4.25. The molecule has 1 aromatic heterocycles. The van der Waals surface area contributed by atoms with Crippen LogP contribution in [0.1, 0.15) is 0 Å². The van der Waals surface area contributed by atoms with E-state index in [1.54, 1.807) is 0 Å². The van der Waals surface area contributed by atoms with E-state index in [2.05, 4.69) is 9.97 Å². The minimum atomic E-state index is -0.595. The van der Waals surface area contributed by atoms with Crippen molar-refractivity contribution < 1.29 is 4.92 Å². The van der Waals surface area contributed by atoms with Gasteiger partial charge in [0, 0.05) is 5.56 Å². The van der Waals surface area contributed by atoms with Crippen LogP contribution >= 0.6 is 0 Å². The molecule has 3 aromatic rings. The number of hydrogen-bond donors (Lipinski definition) is 1. The van der Waals surface area contributed by atoms with Crippen LogP contribution in [-0.2, 0) is 0 Å². The normalized spacial score (nSPS) is 10.6. The average molecular weight is 266 g/mol. The van der Waals surface area contributed by atoms with E-state index in [1.807, 2.05) is 42.5 Å². The van der Waals surface area contributed by atoms with Crippen molar-refractivity contribution in [2.45, 2.75) is 0 Å². The Morgan fingerprint density at radius 2 is 1.85 bits per heavy atom. The molecule has 0 aliphatic carbocycles. The zero-order valence-electron chi connectivity index (χ0n) is 10.4. The number of aromatic nitrogens is 2. The van der Waals surface area contributed by atoms with Crippen LogP contribution in [0, 0.1) is 10.1 Å². The topological polar surface area (TPSA) is 94.9 Å². The van der Waals surface area contributed by atoms with Gasteiger partial charge < -0.3 is 5.73 Å². The van der Waals surface area contributed by atoms with Gasteiger partial charge in [0.15, 0.2) is 5.82 Å². The van der Waals surface area contributed by atoms with Crippen LogP contribution in [0.5, 0.6) is 0 Å². The molecule has 0 unspecified atom stereocenters. The van der Waals surface area contributed by atoms with Crippen LogP contribution in [0.25, 0.3) is 22.2 Å². The summed E-state index contributed by atoms with van der Waals surface area (Å²) in [6.07, 6.45) is 1.14. The third kappa shape index (κ3) is 1.93. The van der Waals surface area contributed by atoms with Crippen molar-refractivity contribution >= 4 is 22.3 Å². The third-order valence-corrected chi connectivity index (χ3v) is 3.03. The molecule has 0 atom stereocenters. The minimum Gasteiger partial charge on any atom is -0.378 e. The Morgan fingerprint density at radius 3 is 2.60 bits per heavy atom. The molecule has 0 amide bonds. The maximum Gasteiger partial charge on any atom is 0.329 e. The number of nitro groups is 1. The predicted octanol–water partition coefficient (Wildman–Crippen LogP) is 2.79. The molecular weight excluding hydrogens is 256 g/mol. The molecule has 20 heavy (non-hydrogen) atoms. The molecule has 0 spiro atoms. The van der Waals surface area contributed by atoms with Crippen molar-refractivity contribution in [3.8, 4) is 11.4 Å². The number of nitrogens with two attached hydrogens (primary N) is 1. The summed E-state index contributed by atoms with van der Waals surface area (Å²) in [5.74, 6) is 0.248. The smallest absolute Gasteiger partial charge is 0.329 e. The predicted molar refractivity (Wildman–Crippen MR) is 76.0 cm³/mol. The van der Waals surface area contributed by atoms with Gasteiger partial charge in [0.1, 0.15) is 6.20 Å². The van der Waals surface area contributed by atoms with E-state index in [0.717, 1.165) is 22.5 Å². The Morgan fingerprint density at radius 1 is 1.10 bits per heavy atom. The third-order valence-electron chi connectivity index (χ3n) is 3.03. The van der Waals surface area contributed by atoms with E-state index in [9.17, 15) is 10.1 Å². The Bertz CT molecular complexity index is 812. The lowest BCUT2D eigenvalue weighted by molar-refractivity contribution is -0.384. The quantitative estimate of drug-likeness (QED) is 0.568. The number of rotatable bonds is 2. The first-order chi connectivity index (χ1) is 9.66. The fourth-order valence-corrected chi connectivity index (χ4v) is 2.08. The van der Waals surface area contributed by atoms with Crippen molar-refractivity contribution in [2.75, 3.05) is 5.73 Å². The summed E-state index contributed by atoms with van der Waals surface area (Å²) in [5, 5.41) is 12.7. The van der Waals surface area contributed by atoms with E-state index in [4.69, 9.17) is 5.73 Å². The van der Waals surface area contributed by atoms with E-state index in [0.29, 0.717) is 5.82 Å². The fraction of sp³-hybridized carbons (Fsp3) is 0. The van der Waals surface area contributed by atoms with Gasteiger partial charge in [-0.05, 0) is 10.8 Å². The summed E-state index contributed by atoms with van der Waals surface area (Å²) in [6.45, 7) is 0. The number of benzene rings is 2. The average Bonchev–Trinajstić information content (AvgIpc) is 2.46. The molecule has 0 bridgehead atoms. The summed E-state index contributed by atoms with van der Waals surface area (Å²) in [6, 6.07) is 13.5. The molecule has 98 valence electrons. The molecule has 6 heteroatoms. The van der Waals surface area contributed by atoms with Crippen molar-refractivity contribution in [1.29, 1.82) is 0 Å². The first kappa shape index (κ1) is 12.0. The fourth-order valence-electron chi connectivity index (χ4n) is 2.08. The zero-order valence-corrected chi connectivity index (χ0v) is 10.4. The van der Waals surface area contributed by atoms with Gasteiger partial charge in [0.05, 0.1) is 4.92 Å². The molecule has 3 rings (SSSR count). The van der Waals surface area contributed by atoms with Crippen molar-refractivity contribution in [3.05, 3.63) is 58.8 Å². The second kappa shape index (κ2) is 4.58. The Balaban J connectivity index is 2.21. The van der Waals surface area contributed by atoms with Gasteiger partial charge >= 0.3 is 5.69 Å². The minimum absolute atomic E-state index is 0.132. The lowest BCUT2D eigenvalue weighted by Crippen LogP contribution is -2.01. The van der Waals surface area contributed by atoms with E-state index in [1.165, 1.54) is 0 Å². The van der Waals surface area contributed by atoms with E-state index in [-0.39, 0.29) is 11.5 Å². The van der Waals surface area contributed by atoms with E-state index < -0.39 is 4.92 Å². The Kier molecular flexibility index (Phi) is 2.76. The van der Waals surface area contributed by atoms with Gasteiger partial charge in [-0.15, -0.1) is 0 Å². The van der Waals surface area contributed by atoms with Gasteiger partial charge in [-0.2, -0.15) is 0 Å². The molecule has 0 aliphatic heterocycles. The molecule has 2 N–H and O–H groups in total.